The summed E-state index contributed by atoms with van der Waals surface area (Å²) < 4.78 is 7.26. The van der Waals surface area contributed by atoms with Gasteiger partial charge in [-0.15, -0.1) is 0 Å². The van der Waals surface area contributed by atoms with Gasteiger partial charge in [0.2, 0.25) is 5.91 Å². The molecule has 0 radical (unpaired) electrons. The minimum atomic E-state index is 0.0523. The summed E-state index contributed by atoms with van der Waals surface area (Å²) in [5, 5.41) is 7.20. The van der Waals surface area contributed by atoms with E-state index < -0.39 is 0 Å². The summed E-state index contributed by atoms with van der Waals surface area (Å²) in [4.78, 5) is 11.6. The number of aromatic nitrogens is 2. The molecule has 0 saturated carbocycles. The molecule has 1 aliphatic rings. The molecule has 0 bridgehead atoms. The number of ether oxygens (including phenoxy) is 1. The van der Waals surface area contributed by atoms with Gasteiger partial charge in [0.1, 0.15) is 0 Å². The van der Waals surface area contributed by atoms with Gasteiger partial charge in [0.05, 0.1) is 17.9 Å². The van der Waals surface area contributed by atoms with Crippen molar-refractivity contribution in [3.63, 3.8) is 0 Å². The summed E-state index contributed by atoms with van der Waals surface area (Å²) in [6.45, 7) is 5.65. The Morgan fingerprint density at radius 2 is 2.28 bits per heavy atom. The van der Waals surface area contributed by atoms with Gasteiger partial charge in [-0.3, -0.25) is 9.48 Å². The molecule has 2 heterocycles. The van der Waals surface area contributed by atoms with E-state index in [1.807, 2.05) is 24.7 Å². The van der Waals surface area contributed by atoms with Gasteiger partial charge in [-0.05, 0) is 18.8 Å². The van der Waals surface area contributed by atoms with Crippen LogP contribution in [0.15, 0.2) is 12.4 Å². The van der Waals surface area contributed by atoms with Gasteiger partial charge in [0.25, 0.3) is 0 Å². The first kappa shape index (κ1) is 13.1. The minimum absolute atomic E-state index is 0.0523. The number of amides is 1. The van der Waals surface area contributed by atoms with Crippen LogP contribution >= 0.6 is 0 Å². The van der Waals surface area contributed by atoms with Crippen LogP contribution in [0.2, 0.25) is 0 Å². The lowest BCUT2D eigenvalue weighted by atomic mass is 10.1. The van der Waals surface area contributed by atoms with Crippen molar-refractivity contribution in [2.75, 3.05) is 18.5 Å². The SMILES string of the molecule is CC(C)CC(=O)Nc1cnn(C2CCOCC2)c1. The molecule has 0 spiro atoms. The van der Waals surface area contributed by atoms with Crippen molar-refractivity contribution >= 4 is 11.6 Å². The molecule has 100 valence electrons. The Balaban J connectivity index is 1.91. The Labute approximate surface area is 108 Å². The molecule has 0 aromatic carbocycles. The summed E-state index contributed by atoms with van der Waals surface area (Å²) in [7, 11) is 0. The molecule has 1 aliphatic heterocycles. The molecule has 0 aliphatic carbocycles. The number of nitrogens with one attached hydrogen (secondary N) is 1. The molecule has 1 saturated heterocycles. The molecule has 1 fully saturated rings. The zero-order valence-corrected chi connectivity index (χ0v) is 11.1. The number of rotatable bonds is 4. The fourth-order valence-corrected chi connectivity index (χ4v) is 2.13. The summed E-state index contributed by atoms with van der Waals surface area (Å²) in [6.07, 6.45) is 6.15. The Morgan fingerprint density at radius 1 is 1.56 bits per heavy atom. The maximum Gasteiger partial charge on any atom is 0.224 e. The Kier molecular flexibility index (Phi) is 4.36. The zero-order chi connectivity index (χ0) is 13.0. The number of hydrogen-bond donors (Lipinski definition) is 1. The molecular weight excluding hydrogens is 230 g/mol. The van der Waals surface area contributed by atoms with E-state index in [0.29, 0.717) is 18.4 Å². The van der Waals surface area contributed by atoms with Crippen LogP contribution in [0.4, 0.5) is 5.69 Å². The molecule has 0 unspecified atom stereocenters. The maximum absolute atomic E-state index is 11.6. The highest BCUT2D eigenvalue weighted by Crippen LogP contribution is 2.21. The maximum atomic E-state index is 11.6. The second kappa shape index (κ2) is 6.00. The second-order valence-electron chi connectivity index (χ2n) is 5.20. The van der Waals surface area contributed by atoms with Crippen molar-refractivity contribution in [1.29, 1.82) is 0 Å². The zero-order valence-electron chi connectivity index (χ0n) is 11.1. The van der Waals surface area contributed by atoms with E-state index >= 15 is 0 Å². The first-order valence-corrected chi connectivity index (χ1v) is 6.57. The van der Waals surface area contributed by atoms with Crippen molar-refractivity contribution in [3.8, 4) is 0 Å². The van der Waals surface area contributed by atoms with Crippen molar-refractivity contribution in [3.05, 3.63) is 12.4 Å². The largest absolute Gasteiger partial charge is 0.381 e. The van der Waals surface area contributed by atoms with Crippen LogP contribution in [0, 0.1) is 5.92 Å². The molecule has 5 heteroatoms. The molecule has 1 aromatic heterocycles. The third kappa shape index (κ3) is 3.57. The molecule has 1 aromatic rings. The lowest BCUT2D eigenvalue weighted by Gasteiger charge is -2.22. The predicted octanol–water partition coefficient (Wildman–Crippen LogP) is 2.22. The predicted molar refractivity (Wildman–Crippen MR) is 69.4 cm³/mol. The molecule has 2 rings (SSSR count). The van der Waals surface area contributed by atoms with Crippen molar-refractivity contribution < 1.29 is 9.53 Å². The van der Waals surface area contributed by atoms with Gasteiger partial charge in [-0.1, -0.05) is 13.8 Å². The summed E-state index contributed by atoms with van der Waals surface area (Å²) in [6, 6.07) is 0.398. The van der Waals surface area contributed by atoms with Crippen LogP contribution in [0.5, 0.6) is 0 Å². The highest BCUT2D eigenvalue weighted by molar-refractivity contribution is 5.90. The number of carbonyl (C=O) groups is 1. The van der Waals surface area contributed by atoms with Crippen molar-refractivity contribution in [1.82, 2.24) is 9.78 Å². The van der Waals surface area contributed by atoms with E-state index in [1.54, 1.807) is 6.20 Å². The van der Waals surface area contributed by atoms with E-state index in [2.05, 4.69) is 10.4 Å². The van der Waals surface area contributed by atoms with E-state index in [9.17, 15) is 4.79 Å². The quantitative estimate of drug-likeness (QED) is 0.892. The van der Waals surface area contributed by atoms with Gasteiger partial charge in [0.15, 0.2) is 0 Å². The Morgan fingerprint density at radius 3 is 2.94 bits per heavy atom. The van der Waals surface area contributed by atoms with Crippen LogP contribution in [-0.4, -0.2) is 28.9 Å². The molecule has 1 amide bonds. The summed E-state index contributed by atoms with van der Waals surface area (Å²) in [5.41, 5.74) is 0.784. The monoisotopic (exact) mass is 251 g/mol. The highest BCUT2D eigenvalue weighted by atomic mass is 16.5. The van der Waals surface area contributed by atoms with E-state index in [4.69, 9.17) is 4.74 Å². The number of hydrogen-bond acceptors (Lipinski definition) is 3. The average Bonchev–Trinajstić information content (AvgIpc) is 2.77. The summed E-state index contributed by atoms with van der Waals surface area (Å²) in [5.74, 6) is 0.423. The normalized spacial score (nSPS) is 17.1. The summed E-state index contributed by atoms with van der Waals surface area (Å²) >= 11 is 0. The third-order valence-corrected chi connectivity index (χ3v) is 3.04. The van der Waals surface area contributed by atoms with Gasteiger partial charge in [0, 0.05) is 25.8 Å². The lowest BCUT2D eigenvalue weighted by Crippen LogP contribution is -2.19. The molecule has 0 atom stereocenters. The van der Waals surface area contributed by atoms with Crippen LogP contribution < -0.4 is 5.32 Å². The van der Waals surface area contributed by atoms with Gasteiger partial charge >= 0.3 is 0 Å². The Bertz CT molecular complexity index is 395. The number of carbonyl (C=O) groups excluding carboxylic acids is 1. The standard InChI is InChI=1S/C13H21N3O2/c1-10(2)7-13(17)15-11-8-14-16(9-11)12-3-5-18-6-4-12/h8-10,12H,3-7H2,1-2H3,(H,15,17). The number of nitrogens with zero attached hydrogens (tertiary/aromatic N) is 2. The van der Waals surface area contributed by atoms with Crippen LogP contribution in [0.1, 0.15) is 39.2 Å². The van der Waals surface area contributed by atoms with E-state index in [-0.39, 0.29) is 5.91 Å². The fourth-order valence-electron chi connectivity index (χ4n) is 2.13. The fraction of sp³-hybridized carbons (Fsp3) is 0.692. The van der Waals surface area contributed by atoms with Crippen molar-refractivity contribution in [2.45, 2.75) is 39.2 Å². The van der Waals surface area contributed by atoms with E-state index in [0.717, 1.165) is 31.7 Å². The lowest BCUT2D eigenvalue weighted by molar-refractivity contribution is -0.116. The minimum Gasteiger partial charge on any atom is -0.381 e. The smallest absolute Gasteiger partial charge is 0.224 e. The van der Waals surface area contributed by atoms with Gasteiger partial charge in [-0.2, -0.15) is 5.10 Å². The molecule has 18 heavy (non-hydrogen) atoms. The average molecular weight is 251 g/mol. The number of anilines is 1. The molecule has 5 nitrogen and oxygen atoms in total. The van der Waals surface area contributed by atoms with Crippen LogP contribution in [-0.2, 0) is 9.53 Å². The first-order chi connectivity index (χ1) is 8.65. The first-order valence-electron chi connectivity index (χ1n) is 6.57. The third-order valence-electron chi connectivity index (χ3n) is 3.04. The molecular formula is C13H21N3O2. The van der Waals surface area contributed by atoms with Gasteiger partial charge in [-0.25, -0.2) is 0 Å². The van der Waals surface area contributed by atoms with E-state index in [1.165, 1.54) is 0 Å². The van der Waals surface area contributed by atoms with Crippen LogP contribution in [0.3, 0.4) is 0 Å². The van der Waals surface area contributed by atoms with Gasteiger partial charge < -0.3 is 10.1 Å². The second-order valence-corrected chi connectivity index (χ2v) is 5.20. The van der Waals surface area contributed by atoms with Crippen LogP contribution in [0.25, 0.3) is 0 Å². The highest BCUT2D eigenvalue weighted by Gasteiger charge is 2.16. The Hall–Kier alpha value is -1.36. The van der Waals surface area contributed by atoms with Crippen molar-refractivity contribution in [2.24, 2.45) is 5.92 Å². The molecule has 1 N–H and O–H groups in total. The topological polar surface area (TPSA) is 56.2 Å².